The Bertz CT molecular complexity index is 348. The Labute approximate surface area is 85.4 Å². The van der Waals surface area contributed by atoms with Gasteiger partial charge in [-0.1, -0.05) is 18.2 Å². The highest BCUT2D eigenvalue weighted by Gasteiger charge is 2.05. The van der Waals surface area contributed by atoms with Crippen molar-refractivity contribution in [3.05, 3.63) is 34.9 Å². The summed E-state index contributed by atoms with van der Waals surface area (Å²) in [6, 6.07) is 8.41. The second-order valence-corrected chi connectivity index (χ2v) is 3.74. The molecule has 74 valence electrons. The zero-order chi connectivity index (χ0) is 10.6. The maximum absolute atomic E-state index is 8.98. The average molecular weight is 188 g/mol. The highest BCUT2D eigenvalue weighted by atomic mass is 14.6. The Morgan fingerprint density at radius 3 is 2.79 bits per heavy atom. The molecule has 1 atom stereocenters. The van der Waals surface area contributed by atoms with Gasteiger partial charge in [-0.15, -0.1) is 0 Å². The van der Waals surface area contributed by atoms with E-state index in [1.54, 1.807) is 0 Å². The first-order valence-corrected chi connectivity index (χ1v) is 4.89. The van der Waals surface area contributed by atoms with E-state index >= 15 is 0 Å². The van der Waals surface area contributed by atoms with E-state index in [0.29, 0.717) is 0 Å². The molecule has 1 unspecified atom stereocenters. The van der Waals surface area contributed by atoms with Crippen LogP contribution in [-0.4, -0.2) is 6.04 Å². The highest BCUT2D eigenvalue weighted by Crippen LogP contribution is 2.15. The fourth-order valence-electron chi connectivity index (χ4n) is 1.48. The minimum Gasteiger partial charge on any atom is -0.328 e. The van der Waals surface area contributed by atoms with E-state index in [1.165, 1.54) is 0 Å². The monoisotopic (exact) mass is 188 g/mol. The van der Waals surface area contributed by atoms with Crippen LogP contribution in [0.3, 0.4) is 0 Å². The number of rotatable bonds is 3. The van der Waals surface area contributed by atoms with Gasteiger partial charge >= 0.3 is 0 Å². The van der Waals surface area contributed by atoms with Gasteiger partial charge in [0.15, 0.2) is 0 Å². The normalized spacial score (nSPS) is 12.1. The molecular formula is C12H16N2. The predicted octanol–water partition coefficient (Wildman–Crippen LogP) is 2.15. The smallest absolute Gasteiger partial charge is 0.0997 e. The number of hydrogen-bond acceptors (Lipinski definition) is 2. The van der Waals surface area contributed by atoms with E-state index < -0.39 is 0 Å². The van der Waals surface area contributed by atoms with Crippen molar-refractivity contribution >= 4 is 0 Å². The van der Waals surface area contributed by atoms with Gasteiger partial charge in [0.2, 0.25) is 0 Å². The van der Waals surface area contributed by atoms with E-state index in [4.69, 9.17) is 11.0 Å². The molecule has 2 nitrogen and oxygen atoms in total. The van der Waals surface area contributed by atoms with E-state index in [0.717, 1.165) is 29.5 Å². The number of aryl methyl sites for hydroxylation is 2. The number of nitrogens with two attached hydrogens (primary N) is 1. The van der Waals surface area contributed by atoms with Crippen molar-refractivity contribution in [2.24, 2.45) is 5.73 Å². The summed E-state index contributed by atoms with van der Waals surface area (Å²) in [6.07, 6.45) is 1.82. The first kappa shape index (κ1) is 10.7. The second-order valence-electron chi connectivity index (χ2n) is 3.74. The molecule has 0 aliphatic heterocycles. The third-order valence-corrected chi connectivity index (χ3v) is 2.34. The quantitative estimate of drug-likeness (QED) is 0.790. The van der Waals surface area contributed by atoms with Gasteiger partial charge in [-0.05, 0) is 37.8 Å². The van der Waals surface area contributed by atoms with Crippen molar-refractivity contribution in [2.45, 2.75) is 32.7 Å². The molecule has 1 aromatic rings. The summed E-state index contributed by atoms with van der Waals surface area (Å²) in [5.41, 5.74) is 8.67. The molecule has 0 aromatic heterocycles. The van der Waals surface area contributed by atoms with Crippen LogP contribution in [0.25, 0.3) is 0 Å². The van der Waals surface area contributed by atoms with Crippen molar-refractivity contribution in [3.63, 3.8) is 0 Å². The van der Waals surface area contributed by atoms with Gasteiger partial charge in [0, 0.05) is 6.04 Å². The zero-order valence-electron chi connectivity index (χ0n) is 8.75. The van der Waals surface area contributed by atoms with Gasteiger partial charge in [-0.25, -0.2) is 0 Å². The summed E-state index contributed by atoms with van der Waals surface area (Å²) < 4.78 is 0. The molecule has 0 amide bonds. The molecule has 0 bridgehead atoms. The fourth-order valence-corrected chi connectivity index (χ4v) is 1.48. The molecule has 0 radical (unpaired) electrons. The zero-order valence-corrected chi connectivity index (χ0v) is 8.75. The second kappa shape index (κ2) is 4.78. The molecule has 0 saturated heterocycles. The van der Waals surface area contributed by atoms with Crippen LogP contribution in [0, 0.1) is 18.3 Å². The van der Waals surface area contributed by atoms with Crippen LogP contribution >= 0.6 is 0 Å². The Kier molecular flexibility index (Phi) is 3.67. The van der Waals surface area contributed by atoms with E-state index in [9.17, 15) is 0 Å². The standard InChI is InChI=1S/C12H16N2/c1-9-4-3-5-11(12(9)8-13)7-6-10(2)14/h3-5,10H,6-7,14H2,1-2H3. The number of benzene rings is 1. The van der Waals surface area contributed by atoms with E-state index in [2.05, 4.69) is 6.07 Å². The summed E-state index contributed by atoms with van der Waals surface area (Å²) in [6.45, 7) is 3.95. The summed E-state index contributed by atoms with van der Waals surface area (Å²) in [5.74, 6) is 0. The first-order valence-electron chi connectivity index (χ1n) is 4.89. The molecule has 0 aliphatic rings. The third-order valence-electron chi connectivity index (χ3n) is 2.34. The Morgan fingerprint density at radius 1 is 1.50 bits per heavy atom. The minimum absolute atomic E-state index is 0.196. The molecule has 1 aromatic carbocycles. The van der Waals surface area contributed by atoms with Crippen LogP contribution in [0.1, 0.15) is 30.0 Å². The Balaban J connectivity index is 2.87. The maximum atomic E-state index is 8.98. The summed E-state index contributed by atoms with van der Waals surface area (Å²) >= 11 is 0. The molecule has 2 heteroatoms. The summed E-state index contributed by atoms with van der Waals surface area (Å²) in [7, 11) is 0. The average Bonchev–Trinajstić information content (AvgIpc) is 2.14. The van der Waals surface area contributed by atoms with Crippen LogP contribution in [0.15, 0.2) is 18.2 Å². The van der Waals surface area contributed by atoms with Gasteiger partial charge in [-0.2, -0.15) is 5.26 Å². The van der Waals surface area contributed by atoms with Crippen molar-refractivity contribution in [3.8, 4) is 6.07 Å². The molecule has 0 fully saturated rings. The molecule has 2 N–H and O–H groups in total. The lowest BCUT2D eigenvalue weighted by Gasteiger charge is -2.08. The van der Waals surface area contributed by atoms with Gasteiger partial charge in [0.1, 0.15) is 0 Å². The Morgan fingerprint density at radius 2 is 2.21 bits per heavy atom. The van der Waals surface area contributed by atoms with Crippen LogP contribution in [0.2, 0.25) is 0 Å². The van der Waals surface area contributed by atoms with Crippen molar-refractivity contribution in [1.82, 2.24) is 0 Å². The molecule has 1 rings (SSSR count). The minimum atomic E-state index is 0.196. The van der Waals surface area contributed by atoms with E-state index in [-0.39, 0.29) is 6.04 Å². The lowest BCUT2D eigenvalue weighted by atomic mass is 9.98. The lowest BCUT2D eigenvalue weighted by molar-refractivity contribution is 0.665. The van der Waals surface area contributed by atoms with Crippen molar-refractivity contribution in [2.75, 3.05) is 0 Å². The van der Waals surface area contributed by atoms with Crippen LogP contribution in [0.5, 0.6) is 0 Å². The number of hydrogen-bond donors (Lipinski definition) is 1. The lowest BCUT2D eigenvalue weighted by Crippen LogP contribution is -2.15. The molecule has 0 saturated carbocycles. The molecule has 0 spiro atoms. The predicted molar refractivity (Wildman–Crippen MR) is 57.9 cm³/mol. The van der Waals surface area contributed by atoms with Crippen LogP contribution in [-0.2, 0) is 6.42 Å². The SMILES string of the molecule is Cc1cccc(CCC(C)N)c1C#N. The van der Waals surface area contributed by atoms with Gasteiger partial charge < -0.3 is 5.73 Å². The summed E-state index contributed by atoms with van der Waals surface area (Å²) in [5, 5.41) is 8.98. The molecule has 0 aliphatic carbocycles. The first-order chi connectivity index (χ1) is 6.65. The largest absolute Gasteiger partial charge is 0.328 e. The van der Waals surface area contributed by atoms with Gasteiger partial charge in [0.25, 0.3) is 0 Å². The summed E-state index contributed by atoms with van der Waals surface area (Å²) in [4.78, 5) is 0. The van der Waals surface area contributed by atoms with Crippen molar-refractivity contribution < 1.29 is 0 Å². The Hall–Kier alpha value is -1.33. The third kappa shape index (κ3) is 2.58. The maximum Gasteiger partial charge on any atom is 0.0997 e. The molecular weight excluding hydrogens is 172 g/mol. The van der Waals surface area contributed by atoms with Crippen LogP contribution in [0.4, 0.5) is 0 Å². The number of nitrogens with zero attached hydrogens (tertiary/aromatic N) is 1. The number of nitriles is 1. The van der Waals surface area contributed by atoms with Crippen molar-refractivity contribution in [1.29, 1.82) is 5.26 Å². The molecule has 14 heavy (non-hydrogen) atoms. The molecule has 0 heterocycles. The van der Waals surface area contributed by atoms with Crippen LogP contribution < -0.4 is 5.73 Å². The fraction of sp³-hybridized carbons (Fsp3) is 0.417. The highest BCUT2D eigenvalue weighted by molar-refractivity contribution is 5.43. The topological polar surface area (TPSA) is 49.8 Å². The van der Waals surface area contributed by atoms with E-state index in [1.807, 2.05) is 32.0 Å². The van der Waals surface area contributed by atoms with Gasteiger partial charge in [0.05, 0.1) is 11.6 Å². The van der Waals surface area contributed by atoms with Gasteiger partial charge in [-0.3, -0.25) is 0 Å².